The Morgan fingerprint density at radius 2 is 1.40 bits per heavy atom. The van der Waals surface area contributed by atoms with Crippen molar-refractivity contribution in [3.63, 3.8) is 0 Å². The van der Waals surface area contributed by atoms with Gasteiger partial charge in [-0.15, -0.1) is 13.2 Å². The summed E-state index contributed by atoms with van der Waals surface area (Å²) in [7, 11) is 0. The molecule has 2 aromatic rings. The van der Waals surface area contributed by atoms with Crippen molar-refractivity contribution >= 4 is 0 Å². The largest absolute Gasteiger partial charge is 0.573 e. The lowest BCUT2D eigenvalue weighted by Gasteiger charge is -2.42. The van der Waals surface area contributed by atoms with Gasteiger partial charge in [-0.25, -0.2) is 0 Å². The van der Waals surface area contributed by atoms with E-state index in [0.717, 1.165) is 28.9 Å². The van der Waals surface area contributed by atoms with Crippen molar-refractivity contribution in [1.29, 1.82) is 0 Å². The highest BCUT2D eigenvalue weighted by Gasteiger charge is 2.35. The van der Waals surface area contributed by atoms with Crippen LogP contribution in [-0.4, -0.2) is 6.36 Å². The summed E-state index contributed by atoms with van der Waals surface area (Å²) >= 11 is 0. The van der Waals surface area contributed by atoms with E-state index in [1.54, 1.807) is 12.1 Å². The molecule has 0 bridgehead atoms. The lowest BCUT2D eigenvalue weighted by Crippen LogP contribution is -2.30. The first kappa shape index (κ1) is 21.3. The number of benzene rings is 2. The van der Waals surface area contributed by atoms with Crippen LogP contribution in [0.25, 0.3) is 11.1 Å². The monoisotopic (exact) mass is 416 g/mol. The first-order chi connectivity index (χ1) is 14.4. The molecule has 4 unspecified atom stereocenters. The average molecular weight is 417 g/mol. The smallest absolute Gasteiger partial charge is 0.406 e. The van der Waals surface area contributed by atoms with Crippen LogP contribution >= 0.6 is 0 Å². The molecule has 0 radical (unpaired) electrons. The van der Waals surface area contributed by atoms with Crippen molar-refractivity contribution in [2.45, 2.75) is 70.6 Å². The Morgan fingerprint density at radius 3 is 2.03 bits per heavy atom. The molecule has 4 atom stereocenters. The van der Waals surface area contributed by atoms with Gasteiger partial charge >= 0.3 is 6.36 Å². The Labute approximate surface area is 177 Å². The molecule has 0 aromatic heterocycles. The van der Waals surface area contributed by atoms with Gasteiger partial charge in [-0.05, 0) is 84.6 Å². The second-order valence-corrected chi connectivity index (χ2v) is 9.19. The van der Waals surface area contributed by atoms with Gasteiger partial charge < -0.3 is 4.74 Å². The fourth-order valence-electron chi connectivity index (χ4n) is 5.76. The molecule has 2 aliphatic rings. The van der Waals surface area contributed by atoms with Gasteiger partial charge in [0, 0.05) is 0 Å². The maximum atomic E-state index is 12.3. The molecule has 4 rings (SSSR count). The summed E-state index contributed by atoms with van der Waals surface area (Å²) in [6, 6.07) is 14.7. The van der Waals surface area contributed by atoms with E-state index in [4.69, 9.17) is 0 Å². The van der Waals surface area contributed by atoms with Gasteiger partial charge in [-0.3, -0.25) is 0 Å². The highest BCUT2D eigenvalue weighted by atomic mass is 19.4. The first-order valence-electron chi connectivity index (χ1n) is 11.4. The summed E-state index contributed by atoms with van der Waals surface area (Å²) in [5.74, 6) is 3.24. The van der Waals surface area contributed by atoms with Crippen LogP contribution < -0.4 is 4.74 Å². The minimum Gasteiger partial charge on any atom is -0.406 e. The Morgan fingerprint density at radius 1 is 0.800 bits per heavy atom. The molecule has 2 saturated carbocycles. The van der Waals surface area contributed by atoms with Crippen molar-refractivity contribution in [1.82, 2.24) is 0 Å². The Kier molecular flexibility index (Phi) is 6.40. The molecule has 2 aromatic carbocycles. The number of fused-ring (bicyclic) bond motifs is 1. The SMILES string of the molecule is CCCC1CCC2CC(c3ccc(-c4ccc(OC(F)(F)F)cc4)cc3)CCC2C1. The van der Waals surface area contributed by atoms with E-state index in [1.165, 1.54) is 69.1 Å². The van der Waals surface area contributed by atoms with Crippen molar-refractivity contribution in [3.05, 3.63) is 54.1 Å². The second-order valence-electron chi connectivity index (χ2n) is 9.19. The van der Waals surface area contributed by atoms with Crippen LogP contribution in [0.3, 0.4) is 0 Å². The van der Waals surface area contributed by atoms with Crippen molar-refractivity contribution in [3.8, 4) is 16.9 Å². The molecular formula is C26H31F3O. The van der Waals surface area contributed by atoms with Gasteiger partial charge in [0.15, 0.2) is 0 Å². The molecule has 0 amide bonds. The van der Waals surface area contributed by atoms with E-state index < -0.39 is 6.36 Å². The Hall–Kier alpha value is -1.97. The van der Waals surface area contributed by atoms with Crippen LogP contribution in [0.4, 0.5) is 13.2 Å². The van der Waals surface area contributed by atoms with Crippen LogP contribution in [0.1, 0.15) is 69.8 Å². The molecule has 4 heteroatoms. The number of rotatable bonds is 5. The molecular weight excluding hydrogens is 385 g/mol. The van der Waals surface area contributed by atoms with Crippen LogP contribution in [0, 0.1) is 17.8 Å². The first-order valence-corrected chi connectivity index (χ1v) is 11.4. The lowest BCUT2D eigenvalue weighted by molar-refractivity contribution is -0.274. The zero-order valence-electron chi connectivity index (χ0n) is 17.6. The van der Waals surface area contributed by atoms with Gasteiger partial charge in [0.05, 0.1) is 0 Å². The summed E-state index contributed by atoms with van der Waals surface area (Å²) in [5.41, 5.74) is 3.32. The van der Waals surface area contributed by atoms with E-state index in [-0.39, 0.29) is 5.75 Å². The van der Waals surface area contributed by atoms with Gasteiger partial charge in [-0.2, -0.15) is 0 Å². The van der Waals surface area contributed by atoms with Crippen LogP contribution in [0.2, 0.25) is 0 Å². The molecule has 1 nitrogen and oxygen atoms in total. The Balaban J connectivity index is 1.37. The van der Waals surface area contributed by atoms with Crippen molar-refractivity contribution in [2.75, 3.05) is 0 Å². The number of alkyl halides is 3. The number of hydrogen-bond donors (Lipinski definition) is 0. The van der Waals surface area contributed by atoms with E-state index >= 15 is 0 Å². The third-order valence-electron chi connectivity index (χ3n) is 7.22. The molecule has 162 valence electrons. The predicted octanol–water partition coefficient (Wildman–Crippen LogP) is 8.35. The topological polar surface area (TPSA) is 9.23 Å². The highest BCUT2D eigenvalue weighted by Crippen LogP contribution is 2.48. The highest BCUT2D eigenvalue weighted by molar-refractivity contribution is 5.64. The average Bonchev–Trinajstić information content (AvgIpc) is 2.73. The molecule has 0 heterocycles. The molecule has 30 heavy (non-hydrogen) atoms. The van der Waals surface area contributed by atoms with Crippen LogP contribution in [-0.2, 0) is 0 Å². The van der Waals surface area contributed by atoms with E-state index in [9.17, 15) is 13.2 Å². The molecule has 0 aliphatic heterocycles. The van der Waals surface area contributed by atoms with Gasteiger partial charge in [0.2, 0.25) is 0 Å². The number of ether oxygens (including phenoxy) is 1. The second kappa shape index (κ2) is 9.03. The maximum absolute atomic E-state index is 12.3. The number of halogens is 3. The van der Waals surface area contributed by atoms with Crippen LogP contribution in [0.5, 0.6) is 5.75 Å². The molecule has 0 saturated heterocycles. The zero-order valence-corrected chi connectivity index (χ0v) is 17.6. The number of hydrogen-bond acceptors (Lipinski definition) is 1. The standard InChI is InChI=1S/C26H31F3O/c1-2-3-18-4-5-24-17-23(11-10-22(24)16-18)21-8-6-19(7-9-21)20-12-14-25(15-13-20)30-26(27,28)29/h6-9,12-15,18,22-24H,2-5,10-11,16-17H2,1H3. The third kappa shape index (κ3) is 5.19. The van der Waals surface area contributed by atoms with Gasteiger partial charge in [-0.1, -0.05) is 62.6 Å². The van der Waals surface area contributed by atoms with E-state index in [0.29, 0.717) is 5.92 Å². The lowest BCUT2D eigenvalue weighted by atomic mass is 9.63. The molecule has 2 aliphatic carbocycles. The summed E-state index contributed by atoms with van der Waals surface area (Å²) in [5, 5.41) is 0. The molecule has 0 N–H and O–H groups in total. The van der Waals surface area contributed by atoms with E-state index in [2.05, 4.69) is 35.9 Å². The minimum atomic E-state index is -4.66. The van der Waals surface area contributed by atoms with Crippen molar-refractivity contribution < 1.29 is 17.9 Å². The summed E-state index contributed by atoms with van der Waals surface area (Å²) < 4.78 is 40.9. The normalized spacial score (nSPS) is 26.8. The summed E-state index contributed by atoms with van der Waals surface area (Å²) in [4.78, 5) is 0. The summed E-state index contributed by atoms with van der Waals surface area (Å²) in [6.45, 7) is 2.30. The minimum absolute atomic E-state index is 0.187. The Bertz CT molecular complexity index is 810. The quantitative estimate of drug-likeness (QED) is 0.476. The maximum Gasteiger partial charge on any atom is 0.573 e. The molecule has 0 spiro atoms. The molecule has 2 fully saturated rings. The predicted molar refractivity (Wildman–Crippen MR) is 114 cm³/mol. The fraction of sp³-hybridized carbons (Fsp3) is 0.538. The summed E-state index contributed by atoms with van der Waals surface area (Å²) in [6.07, 6.45) is 6.26. The van der Waals surface area contributed by atoms with Gasteiger partial charge in [0.1, 0.15) is 5.75 Å². The zero-order chi connectivity index (χ0) is 21.1. The van der Waals surface area contributed by atoms with Crippen LogP contribution in [0.15, 0.2) is 48.5 Å². The van der Waals surface area contributed by atoms with E-state index in [1.807, 2.05) is 0 Å². The van der Waals surface area contributed by atoms with Crippen molar-refractivity contribution in [2.24, 2.45) is 17.8 Å². The van der Waals surface area contributed by atoms with Gasteiger partial charge in [0.25, 0.3) is 0 Å². The third-order valence-corrected chi connectivity index (χ3v) is 7.22. The fourth-order valence-corrected chi connectivity index (χ4v) is 5.76.